The fraction of sp³-hybridized carbons (Fsp3) is 0.333. The molecule has 1 N–H and O–H groups in total. The second kappa shape index (κ2) is 11.3. The molecule has 4 rings (SSSR count). The molecular formula is C30H34N2O4. The summed E-state index contributed by atoms with van der Waals surface area (Å²) < 4.78 is 10.7. The minimum Gasteiger partial charge on any atom is -0.494 e. The molecule has 1 heterocycles. The van der Waals surface area contributed by atoms with Crippen molar-refractivity contribution in [2.45, 2.75) is 52.1 Å². The van der Waals surface area contributed by atoms with E-state index < -0.39 is 0 Å². The highest BCUT2D eigenvalue weighted by atomic mass is 16.5. The van der Waals surface area contributed by atoms with Crippen LogP contribution in [0.5, 0.6) is 5.75 Å². The number of carbonyl (C=O) groups is 2. The number of amides is 1. The number of esters is 1. The van der Waals surface area contributed by atoms with E-state index >= 15 is 0 Å². The summed E-state index contributed by atoms with van der Waals surface area (Å²) >= 11 is 0. The molecular weight excluding hydrogens is 452 g/mol. The summed E-state index contributed by atoms with van der Waals surface area (Å²) in [6.07, 6.45) is 2.88. The van der Waals surface area contributed by atoms with E-state index in [0.717, 1.165) is 53.1 Å². The van der Waals surface area contributed by atoms with Crippen LogP contribution in [0, 0.1) is 0 Å². The Morgan fingerprint density at radius 2 is 1.78 bits per heavy atom. The van der Waals surface area contributed by atoms with Gasteiger partial charge in [0.1, 0.15) is 5.75 Å². The smallest absolute Gasteiger partial charge is 0.337 e. The molecule has 36 heavy (non-hydrogen) atoms. The zero-order valence-corrected chi connectivity index (χ0v) is 21.4. The maximum Gasteiger partial charge on any atom is 0.337 e. The SMILES string of the molecule is CCCCOc1cccc(-c2ccc3c(c2)[C@H](Nc2ccc(C(=O)OC)cc2)C[C@H](C)N3C(C)=O)c1. The topological polar surface area (TPSA) is 67.9 Å². The van der Waals surface area contributed by atoms with Crippen LogP contribution in [0.25, 0.3) is 11.1 Å². The molecule has 2 atom stereocenters. The lowest BCUT2D eigenvalue weighted by Gasteiger charge is -2.39. The fourth-order valence-corrected chi connectivity index (χ4v) is 4.78. The van der Waals surface area contributed by atoms with Crippen molar-refractivity contribution in [3.05, 3.63) is 77.9 Å². The lowest BCUT2D eigenvalue weighted by atomic mass is 9.89. The van der Waals surface area contributed by atoms with Gasteiger partial charge in [-0.15, -0.1) is 0 Å². The first kappa shape index (κ1) is 25.3. The molecule has 0 aliphatic carbocycles. The van der Waals surface area contributed by atoms with Gasteiger partial charge in [-0.2, -0.15) is 0 Å². The Labute approximate surface area is 213 Å². The molecule has 0 fully saturated rings. The molecule has 0 saturated carbocycles. The van der Waals surface area contributed by atoms with Gasteiger partial charge in [-0.05, 0) is 85.0 Å². The molecule has 3 aromatic rings. The van der Waals surface area contributed by atoms with E-state index in [-0.39, 0.29) is 24.0 Å². The zero-order chi connectivity index (χ0) is 25.7. The second-order valence-corrected chi connectivity index (χ2v) is 9.24. The minimum absolute atomic E-state index is 0.00138. The third kappa shape index (κ3) is 5.54. The molecule has 1 aliphatic heterocycles. The van der Waals surface area contributed by atoms with Crippen LogP contribution in [-0.2, 0) is 9.53 Å². The van der Waals surface area contributed by atoms with Crippen LogP contribution < -0.4 is 15.0 Å². The van der Waals surface area contributed by atoms with Gasteiger partial charge in [0.15, 0.2) is 0 Å². The Balaban J connectivity index is 1.67. The number of hydrogen-bond acceptors (Lipinski definition) is 5. The largest absolute Gasteiger partial charge is 0.494 e. The van der Waals surface area contributed by atoms with Crippen LogP contribution in [0.1, 0.15) is 62.0 Å². The number of nitrogens with one attached hydrogen (secondary N) is 1. The lowest BCUT2D eigenvalue weighted by Crippen LogP contribution is -2.43. The normalized spacial score (nSPS) is 16.7. The fourth-order valence-electron chi connectivity index (χ4n) is 4.78. The molecule has 188 valence electrons. The standard InChI is InChI=1S/C30H34N2O4/c1-5-6-16-36-26-9-7-8-23(18-26)24-12-15-29-27(19-24)28(17-20(2)32(29)21(3)33)31-25-13-10-22(11-14-25)30(34)35-4/h7-15,18-20,28,31H,5-6,16-17H2,1-4H3/t20-,28+/m0/s1. The average Bonchev–Trinajstić information content (AvgIpc) is 2.88. The average molecular weight is 487 g/mol. The molecule has 6 nitrogen and oxygen atoms in total. The third-order valence-corrected chi connectivity index (χ3v) is 6.60. The maximum atomic E-state index is 12.5. The monoisotopic (exact) mass is 486 g/mol. The number of anilines is 2. The highest BCUT2D eigenvalue weighted by Gasteiger charge is 2.32. The minimum atomic E-state index is -0.360. The number of rotatable bonds is 8. The highest BCUT2D eigenvalue weighted by Crippen LogP contribution is 2.41. The molecule has 0 radical (unpaired) electrons. The van der Waals surface area contributed by atoms with E-state index in [1.54, 1.807) is 19.1 Å². The number of carbonyl (C=O) groups excluding carboxylic acids is 2. The van der Waals surface area contributed by atoms with Crippen molar-refractivity contribution in [1.82, 2.24) is 0 Å². The van der Waals surface area contributed by atoms with Gasteiger partial charge >= 0.3 is 5.97 Å². The van der Waals surface area contributed by atoms with Crippen molar-refractivity contribution < 1.29 is 19.1 Å². The number of hydrogen-bond donors (Lipinski definition) is 1. The molecule has 0 spiro atoms. The molecule has 6 heteroatoms. The summed E-state index contributed by atoms with van der Waals surface area (Å²) in [5, 5.41) is 3.62. The molecule has 0 unspecified atom stereocenters. The predicted molar refractivity (Wildman–Crippen MR) is 144 cm³/mol. The van der Waals surface area contributed by atoms with Crippen LogP contribution in [0.3, 0.4) is 0 Å². The molecule has 0 aromatic heterocycles. The van der Waals surface area contributed by atoms with Gasteiger partial charge < -0.3 is 19.7 Å². The van der Waals surface area contributed by atoms with Crippen LogP contribution in [-0.4, -0.2) is 31.6 Å². The summed E-state index contributed by atoms with van der Waals surface area (Å²) in [5.74, 6) is 0.530. The van der Waals surface area contributed by atoms with Gasteiger partial charge in [0.25, 0.3) is 0 Å². The van der Waals surface area contributed by atoms with Gasteiger partial charge in [-0.25, -0.2) is 4.79 Å². The highest BCUT2D eigenvalue weighted by molar-refractivity contribution is 5.94. The Morgan fingerprint density at radius 3 is 2.47 bits per heavy atom. The van der Waals surface area contributed by atoms with E-state index in [1.807, 2.05) is 35.2 Å². The van der Waals surface area contributed by atoms with Gasteiger partial charge in [0.2, 0.25) is 5.91 Å². The molecule has 0 saturated heterocycles. The van der Waals surface area contributed by atoms with E-state index in [0.29, 0.717) is 12.2 Å². The van der Waals surface area contributed by atoms with Crippen molar-refractivity contribution in [1.29, 1.82) is 0 Å². The van der Waals surface area contributed by atoms with Crippen molar-refractivity contribution in [3.63, 3.8) is 0 Å². The van der Waals surface area contributed by atoms with Gasteiger partial charge in [0.05, 0.1) is 25.3 Å². The van der Waals surface area contributed by atoms with E-state index in [4.69, 9.17) is 9.47 Å². The Kier molecular flexibility index (Phi) is 7.93. The second-order valence-electron chi connectivity index (χ2n) is 9.24. The summed E-state index contributed by atoms with van der Waals surface area (Å²) in [6, 6.07) is 21.7. The van der Waals surface area contributed by atoms with Crippen molar-refractivity contribution >= 4 is 23.3 Å². The predicted octanol–water partition coefficient (Wildman–Crippen LogP) is 6.62. The van der Waals surface area contributed by atoms with E-state index in [1.165, 1.54) is 7.11 Å². The molecule has 3 aromatic carbocycles. The number of unbranched alkanes of at least 4 members (excludes halogenated alkanes) is 1. The molecule has 1 aliphatic rings. The maximum absolute atomic E-state index is 12.5. The van der Waals surface area contributed by atoms with Gasteiger partial charge in [-0.3, -0.25) is 4.79 Å². The van der Waals surface area contributed by atoms with Crippen LogP contribution in [0.2, 0.25) is 0 Å². The van der Waals surface area contributed by atoms with Crippen molar-refractivity contribution in [2.75, 3.05) is 23.9 Å². The summed E-state index contributed by atoms with van der Waals surface area (Å²) in [4.78, 5) is 26.2. The van der Waals surface area contributed by atoms with Crippen LogP contribution in [0.4, 0.5) is 11.4 Å². The van der Waals surface area contributed by atoms with E-state index in [2.05, 4.69) is 43.4 Å². The zero-order valence-electron chi connectivity index (χ0n) is 21.4. The van der Waals surface area contributed by atoms with Crippen LogP contribution >= 0.6 is 0 Å². The number of fused-ring (bicyclic) bond motifs is 1. The molecule has 1 amide bonds. The lowest BCUT2D eigenvalue weighted by molar-refractivity contribution is -0.117. The molecule has 0 bridgehead atoms. The van der Waals surface area contributed by atoms with Gasteiger partial charge in [0, 0.05) is 24.3 Å². The number of benzene rings is 3. The van der Waals surface area contributed by atoms with E-state index in [9.17, 15) is 9.59 Å². The van der Waals surface area contributed by atoms with Crippen molar-refractivity contribution in [2.24, 2.45) is 0 Å². The summed E-state index contributed by atoms with van der Waals surface area (Å²) in [5.41, 5.74) is 5.53. The Bertz CT molecular complexity index is 1220. The first-order valence-electron chi connectivity index (χ1n) is 12.5. The van der Waals surface area contributed by atoms with Crippen LogP contribution in [0.15, 0.2) is 66.7 Å². The van der Waals surface area contributed by atoms with Crippen molar-refractivity contribution in [3.8, 4) is 16.9 Å². The summed E-state index contributed by atoms with van der Waals surface area (Å²) in [6.45, 7) is 6.54. The Morgan fingerprint density at radius 1 is 1.03 bits per heavy atom. The first-order chi connectivity index (χ1) is 17.4. The quantitative estimate of drug-likeness (QED) is 0.286. The first-order valence-corrected chi connectivity index (χ1v) is 12.5. The Hall–Kier alpha value is -3.80. The third-order valence-electron chi connectivity index (χ3n) is 6.60. The number of nitrogens with zero attached hydrogens (tertiary/aromatic N) is 1. The summed E-state index contributed by atoms with van der Waals surface area (Å²) in [7, 11) is 1.38. The number of methoxy groups -OCH3 is 1. The number of ether oxygens (including phenoxy) is 2. The van der Waals surface area contributed by atoms with Gasteiger partial charge in [-0.1, -0.05) is 31.5 Å².